The summed E-state index contributed by atoms with van der Waals surface area (Å²) >= 11 is 1.59. The van der Waals surface area contributed by atoms with Crippen molar-refractivity contribution < 1.29 is 4.79 Å². The number of hydrogen-bond acceptors (Lipinski definition) is 4. The second kappa shape index (κ2) is 5.65. The highest BCUT2D eigenvalue weighted by atomic mass is 32.1. The molecule has 0 unspecified atom stereocenters. The quantitative estimate of drug-likeness (QED) is 0.769. The molecule has 0 aromatic carbocycles. The zero-order valence-electron chi connectivity index (χ0n) is 10.6. The first-order chi connectivity index (χ1) is 8.24. The lowest BCUT2D eigenvalue weighted by molar-refractivity contribution is 0.112. The number of thiophene rings is 1. The maximum Gasteiger partial charge on any atom is 0.160 e. The zero-order chi connectivity index (χ0) is 12.3. The molecular weight excluding hydrogens is 232 g/mol. The standard InChI is InChI=1S/C13H20N2OS/c1-3-15-8-6-11(7-9-15)14(2)13-5-4-12(10-16)17-13/h4-5,10-11H,3,6-9H2,1-2H3. The number of carbonyl (C=O) groups is 1. The van der Waals surface area contributed by atoms with Crippen molar-refractivity contribution in [3.05, 3.63) is 17.0 Å². The van der Waals surface area contributed by atoms with E-state index in [1.54, 1.807) is 11.3 Å². The fraction of sp³-hybridized carbons (Fsp3) is 0.615. The average Bonchev–Trinajstić information content (AvgIpc) is 2.87. The van der Waals surface area contributed by atoms with Crippen LogP contribution in [0.2, 0.25) is 0 Å². The number of aldehydes is 1. The van der Waals surface area contributed by atoms with Gasteiger partial charge in [0.15, 0.2) is 6.29 Å². The van der Waals surface area contributed by atoms with Crippen LogP contribution in [0.4, 0.5) is 5.00 Å². The first-order valence-electron chi connectivity index (χ1n) is 6.24. The summed E-state index contributed by atoms with van der Waals surface area (Å²) in [6.07, 6.45) is 3.37. The third kappa shape index (κ3) is 2.87. The Bertz CT molecular complexity index is 369. The summed E-state index contributed by atoms with van der Waals surface area (Å²) in [4.78, 5) is 16.3. The first-order valence-corrected chi connectivity index (χ1v) is 7.06. The Morgan fingerprint density at radius 2 is 2.18 bits per heavy atom. The number of carbonyl (C=O) groups excluding carboxylic acids is 1. The first kappa shape index (κ1) is 12.6. The minimum absolute atomic E-state index is 0.621. The minimum Gasteiger partial charge on any atom is -0.363 e. The number of likely N-dealkylation sites (tertiary alicyclic amines) is 1. The lowest BCUT2D eigenvalue weighted by Crippen LogP contribution is -2.43. The van der Waals surface area contributed by atoms with E-state index in [1.807, 2.05) is 6.07 Å². The van der Waals surface area contributed by atoms with Gasteiger partial charge in [-0.15, -0.1) is 11.3 Å². The topological polar surface area (TPSA) is 23.6 Å². The van der Waals surface area contributed by atoms with Crippen LogP contribution in [0, 0.1) is 0 Å². The molecule has 1 saturated heterocycles. The Morgan fingerprint density at radius 1 is 1.47 bits per heavy atom. The van der Waals surface area contributed by atoms with E-state index in [9.17, 15) is 4.79 Å². The zero-order valence-corrected chi connectivity index (χ0v) is 11.4. The number of hydrogen-bond donors (Lipinski definition) is 0. The molecule has 94 valence electrons. The maximum atomic E-state index is 10.7. The number of piperidine rings is 1. The molecule has 1 aliphatic heterocycles. The van der Waals surface area contributed by atoms with E-state index in [0.717, 1.165) is 17.7 Å². The lowest BCUT2D eigenvalue weighted by atomic mass is 10.0. The molecule has 1 aliphatic rings. The van der Waals surface area contributed by atoms with Gasteiger partial charge in [-0.2, -0.15) is 0 Å². The molecule has 1 aromatic heterocycles. The van der Waals surface area contributed by atoms with Gasteiger partial charge >= 0.3 is 0 Å². The number of nitrogens with zero attached hydrogens (tertiary/aromatic N) is 2. The van der Waals surface area contributed by atoms with Crippen LogP contribution in [0.5, 0.6) is 0 Å². The number of rotatable bonds is 4. The van der Waals surface area contributed by atoms with Gasteiger partial charge in [-0.05, 0) is 31.5 Å². The summed E-state index contributed by atoms with van der Waals surface area (Å²) in [5.41, 5.74) is 0. The fourth-order valence-corrected chi connectivity index (χ4v) is 3.25. The SMILES string of the molecule is CCN1CCC(N(C)c2ccc(C=O)s2)CC1. The highest BCUT2D eigenvalue weighted by Crippen LogP contribution is 2.28. The van der Waals surface area contributed by atoms with Crippen molar-refractivity contribution in [2.75, 3.05) is 31.6 Å². The van der Waals surface area contributed by atoms with Gasteiger partial charge < -0.3 is 9.80 Å². The molecule has 0 bridgehead atoms. The molecule has 3 nitrogen and oxygen atoms in total. The van der Waals surface area contributed by atoms with Crippen molar-refractivity contribution in [3.63, 3.8) is 0 Å². The van der Waals surface area contributed by atoms with Crippen molar-refractivity contribution >= 4 is 22.6 Å². The van der Waals surface area contributed by atoms with Crippen LogP contribution < -0.4 is 4.90 Å². The van der Waals surface area contributed by atoms with Crippen LogP contribution in [0.3, 0.4) is 0 Å². The van der Waals surface area contributed by atoms with Crippen LogP contribution in [0.15, 0.2) is 12.1 Å². The van der Waals surface area contributed by atoms with E-state index in [4.69, 9.17) is 0 Å². The Balaban J connectivity index is 1.96. The predicted molar refractivity (Wildman–Crippen MR) is 73.2 cm³/mol. The Morgan fingerprint density at radius 3 is 2.71 bits per heavy atom. The van der Waals surface area contributed by atoms with Crippen LogP contribution in [0.1, 0.15) is 29.4 Å². The highest BCUT2D eigenvalue weighted by molar-refractivity contribution is 7.17. The molecule has 0 N–H and O–H groups in total. The van der Waals surface area contributed by atoms with E-state index in [-0.39, 0.29) is 0 Å². The van der Waals surface area contributed by atoms with Crippen molar-refractivity contribution in [1.82, 2.24) is 4.90 Å². The Hall–Kier alpha value is -0.870. The summed E-state index contributed by atoms with van der Waals surface area (Å²) in [5.74, 6) is 0. The highest BCUT2D eigenvalue weighted by Gasteiger charge is 2.22. The molecule has 0 radical (unpaired) electrons. The average molecular weight is 252 g/mol. The summed E-state index contributed by atoms with van der Waals surface area (Å²) in [5, 5.41) is 1.21. The molecule has 1 fully saturated rings. The fourth-order valence-electron chi connectivity index (χ4n) is 2.40. The molecule has 4 heteroatoms. The van der Waals surface area contributed by atoms with E-state index in [0.29, 0.717) is 6.04 Å². The van der Waals surface area contributed by atoms with Gasteiger partial charge in [0.2, 0.25) is 0 Å². The molecule has 0 spiro atoms. The van der Waals surface area contributed by atoms with Gasteiger partial charge in [0.25, 0.3) is 0 Å². The molecule has 0 saturated carbocycles. The van der Waals surface area contributed by atoms with E-state index in [1.165, 1.54) is 30.9 Å². The molecule has 2 heterocycles. The molecule has 1 aromatic rings. The maximum absolute atomic E-state index is 10.7. The van der Waals surface area contributed by atoms with Crippen LogP contribution in [0.25, 0.3) is 0 Å². The third-order valence-electron chi connectivity index (χ3n) is 3.63. The van der Waals surface area contributed by atoms with E-state index in [2.05, 4.69) is 29.8 Å². The summed E-state index contributed by atoms with van der Waals surface area (Å²) < 4.78 is 0. The van der Waals surface area contributed by atoms with Crippen molar-refractivity contribution in [3.8, 4) is 0 Å². The summed E-state index contributed by atoms with van der Waals surface area (Å²) in [7, 11) is 2.15. The van der Waals surface area contributed by atoms with Crippen molar-refractivity contribution in [2.24, 2.45) is 0 Å². The Kier molecular flexibility index (Phi) is 4.18. The largest absolute Gasteiger partial charge is 0.363 e. The second-order valence-corrected chi connectivity index (χ2v) is 5.66. The monoisotopic (exact) mass is 252 g/mol. The molecule has 17 heavy (non-hydrogen) atoms. The summed E-state index contributed by atoms with van der Waals surface area (Å²) in [6, 6.07) is 4.58. The van der Waals surface area contributed by atoms with Crippen molar-refractivity contribution in [2.45, 2.75) is 25.8 Å². The van der Waals surface area contributed by atoms with Gasteiger partial charge in [0.05, 0.1) is 9.88 Å². The Labute approximate surface area is 107 Å². The van der Waals surface area contributed by atoms with Gasteiger partial charge in [-0.25, -0.2) is 0 Å². The third-order valence-corrected chi connectivity index (χ3v) is 4.73. The normalized spacial score (nSPS) is 18.2. The molecule has 2 rings (SSSR count). The van der Waals surface area contributed by atoms with Gasteiger partial charge in [0.1, 0.15) is 0 Å². The molecular formula is C13H20N2OS. The molecule has 0 amide bonds. The van der Waals surface area contributed by atoms with Crippen LogP contribution >= 0.6 is 11.3 Å². The van der Waals surface area contributed by atoms with Gasteiger partial charge in [-0.3, -0.25) is 4.79 Å². The van der Waals surface area contributed by atoms with E-state index >= 15 is 0 Å². The van der Waals surface area contributed by atoms with Gasteiger partial charge in [-0.1, -0.05) is 6.92 Å². The van der Waals surface area contributed by atoms with Crippen molar-refractivity contribution in [1.29, 1.82) is 0 Å². The van der Waals surface area contributed by atoms with E-state index < -0.39 is 0 Å². The smallest absolute Gasteiger partial charge is 0.160 e. The van der Waals surface area contributed by atoms with Crippen LogP contribution in [-0.4, -0.2) is 43.9 Å². The molecule has 0 aliphatic carbocycles. The minimum atomic E-state index is 0.621. The van der Waals surface area contributed by atoms with Gasteiger partial charge in [0, 0.05) is 26.2 Å². The lowest BCUT2D eigenvalue weighted by Gasteiger charge is -2.36. The summed E-state index contributed by atoms with van der Waals surface area (Å²) in [6.45, 7) is 5.76. The van der Waals surface area contributed by atoms with Crippen LogP contribution in [-0.2, 0) is 0 Å². The predicted octanol–water partition coefficient (Wildman–Crippen LogP) is 2.48. The number of anilines is 1. The second-order valence-electron chi connectivity index (χ2n) is 4.57. The molecule has 0 atom stereocenters.